The number of allylic oxidation sites excluding steroid dienone is 1. The molecule has 0 bridgehead atoms. The van der Waals surface area contributed by atoms with Crippen LogP contribution in [0.15, 0.2) is 180 Å². The molecule has 1 atom stereocenters. The normalized spacial score (nSPS) is 14.1. The number of hydrogen-bond acceptors (Lipinski definition) is 1. The van der Waals surface area contributed by atoms with Crippen LogP contribution >= 0.6 is 0 Å². The van der Waals surface area contributed by atoms with E-state index in [9.17, 15) is 0 Å². The van der Waals surface area contributed by atoms with Gasteiger partial charge in [-0.15, -0.1) is 0 Å². The van der Waals surface area contributed by atoms with Crippen molar-refractivity contribution in [2.24, 2.45) is 5.92 Å². The van der Waals surface area contributed by atoms with Crippen molar-refractivity contribution < 1.29 is 4.42 Å². The fraction of sp³-hybridized carbons (Fsp3) is 0.0566. The van der Waals surface area contributed by atoms with E-state index in [4.69, 9.17) is 4.42 Å². The quantitative estimate of drug-likeness (QED) is 0.168. The summed E-state index contributed by atoms with van der Waals surface area (Å²) in [6.45, 7) is 2.26. The molecule has 0 N–H and O–H groups in total. The van der Waals surface area contributed by atoms with Crippen molar-refractivity contribution >= 4 is 60.1 Å². The van der Waals surface area contributed by atoms with Crippen LogP contribution in [0.5, 0.6) is 0 Å². The minimum absolute atomic E-state index is 0.463. The minimum Gasteiger partial charge on any atom is -0.460 e. The monoisotopic (exact) mass is 688 g/mol. The van der Waals surface area contributed by atoms with Crippen LogP contribution in [0, 0.1) is 5.92 Å². The van der Waals surface area contributed by atoms with Crippen LogP contribution in [-0.2, 0) is 6.42 Å². The summed E-state index contributed by atoms with van der Waals surface area (Å²) in [6, 6.07) is 62.5. The average Bonchev–Trinajstić information content (AvgIpc) is 3.58. The first-order chi connectivity index (χ1) is 26.7. The molecule has 1 nitrogen and oxygen atoms in total. The van der Waals surface area contributed by atoms with Crippen LogP contribution in [0.4, 0.5) is 0 Å². The molecule has 0 fully saturated rings. The summed E-state index contributed by atoms with van der Waals surface area (Å²) in [6.07, 6.45) is 5.50. The van der Waals surface area contributed by atoms with E-state index in [0.29, 0.717) is 5.92 Å². The third-order valence-corrected chi connectivity index (χ3v) is 11.5. The summed E-state index contributed by atoms with van der Waals surface area (Å²) < 4.78 is 6.82. The van der Waals surface area contributed by atoms with Crippen LogP contribution in [0.3, 0.4) is 0 Å². The van der Waals surface area contributed by atoms with E-state index in [0.717, 1.165) is 28.9 Å². The van der Waals surface area contributed by atoms with Crippen molar-refractivity contribution in [2.75, 3.05) is 0 Å². The average molecular weight is 689 g/mol. The summed E-state index contributed by atoms with van der Waals surface area (Å²) in [5.41, 5.74) is 11.9. The van der Waals surface area contributed by atoms with Gasteiger partial charge in [0.05, 0.1) is 0 Å². The van der Waals surface area contributed by atoms with Crippen molar-refractivity contribution in [3.05, 3.63) is 187 Å². The zero-order chi connectivity index (χ0) is 35.8. The molecular formula is C53H36O. The highest BCUT2D eigenvalue weighted by Crippen LogP contribution is 2.47. The molecule has 54 heavy (non-hydrogen) atoms. The van der Waals surface area contributed by atoms with Gasteiger partial charge in [-0.1, -0.05) is 165 Å². The van der Waals surface area contributed by atoms with E-state index in [1.165, 1.54) is 87.4 Å². The van der Waals surface area contributed by atoms with E-state index in [1.807, 2.05) is 0 Å². The molecule has 0 radical (unpaired) electrons. The highest BCUT2D eigenvalue weighted by atomic mass is 16.3. The Labute approximate surface area is 314 Å². The maximum atomic E-state index is 6.82. The van der Waals surface area contributed by atoms with Gasteiger partial charge in [-0.3, -0.25) is 0 Å². The first kappa shape index (κ1) is 30.9. The first-order valence-corrected chi connectivity index (χ1v) is 19.0. The molecule has 1 unspecified atom stereocenters. The molecule has 0 saturated heterocycles. The van der Waals surface area contributed by atoms with Crippen LogP contribution in [-0.4, -0.2) is 0 Å². The Balaban J connectivity index is 1.13. The molecule has 0 saturated carbocycles. The van der Waals surface area contributed by atoms with Crippen LogP contribution in [0.1, 0.15) is 18.2 Å². The summed E-state index contributed by atoms with van der Waals surface area (Å²) in [5.74, 6) is 1.55. The molecule has 254 valence electrons. The van der Waals surface area contributed by atoms with Gasteiger partial charge in [-0.25, -0.2) is 0 Å². The second kappa shape index (κ2) is 12.2. The van der Waals surface area contributed by atoms with E-state index in [-0.39, 0.29) is 0 Å². The fourth-order valence-corrected chi connectivity index (χ4v) is 9.01. The third kappa shape index (κ3) is 4.86. The van der Waals surface area contributed by atoms with Gasteiger partial charge in [0.15, 0.2) is 0 Å². The van der Waals surface area contributed by atoms with E-state index in [1.54, 1.807) is 0 Å². The molecule has 1 heteroatoms. The van der Waals surface area contributed by atoms with Crippen LogP contribution in [0.2, 0.25) is 0 Å². The molecule has 0 aliphatic heterocycles. The molecule has 11 rings (SSSR count). The number of furan rings is 1. The molecular weight excluding hydrogens is 653 g/mol. The van der Waals surface area contributed by atoms with Gasteiger partial charge in [0.1, 0.15) is 11.3 Å². The molecule has 1 heterocycles. The molecule has 1 aliphatic rings. The van der Waals surface area contributed by atoms with Gasteiger partial charge in [0.25, 0.3) is 0 Å². The maximum absolute atomic E-state index is 6.82. The zero-order valence-corrected chi connectivity index (χ0v) is 30.0. The lowest BCUT2D eigenvalue weighted by Gasteiger charge is -2.19. The second-order valence-electron chi connectivity index (χ2n) is 14.9. The topological polar surface area (TPSA) is 13.1 Å². The predicted molar refractivity (Wildman–Crippen MR) is 230 cm³/mol. The van der Waals surface area contributed by atoms with Crippen LogP contribution < -0.4 is 0 Å². The number of fused-ring (bicyclic) bond motifs is 7. The van der Waals surface area contributed by atoms with Gasteiger partial charge in [-0.05, 0) is 112 Å². The van der Waals surface area contributed by atoms with E-state index < -0.39 is 0 Å². The molecule has 0 amide bonds. The van der Waals surface area contributed by atoms with Gasteiger partial charge in [-0.2, -0.15) is 0 Å². The lowest BCUT2D eigenvalue weighted by Crippen LogP contribution is -2.00. The standard InChI is InChI=1S/C53H36O/c1-33-24-27-43-48-32-38-14-4-5-19-42(38)52(53(48)54-49(43)28-33)41-18-11-17-40(31-41)51-46-22-8-6-20-44(46)50(45-21-7-9-23-47(45)51)39-16-10-15-36(30-39)37-26-25-34-12-2-3-13-35(34)29-37/h2-27,29-33H,28H2,1H3. The lowest BCUT2D eigenvalue weighted by atomic mass is 9.84. The number of rotatable bonds is 4. The fourth-order valence-electron chi connectivity index (χ4n) is 9.01. The van der Waals surface area contributed by atoms with E-state index in [2.05, 4.69) is 189 Å². The lowest BCUT2D eigenvalue weighted by molar-refractivity contribution is 0.514. The first-order valence-electron chi connectivity index (χ1n) is 19.0. The summed E-state index contributed by atoms with van der Waals surface area (Å²) in [5, 5.41) is 11.1. The summed E-state index contributed by atoms with van der Waals surface area (Å²) in [7, 11) is 0. The Morgan fingerprint density at radius 3 is 1.59 bits per heavy atom. The largest absolute Gasteiger partial charge is 0.460 e. The van der Waals surface area contributed by atoms with Crippen molar-refractivity contribution in [2.45, 2.75) is 13.3 Å². The molecule has 9 aromatic carbocycles. The van der Waals surface area contributed by atoms with Gasteiger partial charge in [0.2, 0.25) is 0 Å². The predicted octanol–water partition coefficient (Wildman–Crippen LogP) is 14.9. The summed E-state index contributed by atoms with van der Waals surface area (Å²) in [4.78, 5) is 0. The van der Waals surface area contributed by atoms with Gasteiger partial charge in [0, 0.05) is 22.9 Å². The van der Waals surface area contributed by atoms with Gasteiger partial charge >= 0.3 is 0 Å². The summed E-state index contributed by atoms with van der Waals surface area (Å²) >= 11 is 0. The zero-order valence-electron chi connectivity index (χ0n) is 30.0. The Morgan fingerprint density at radius 2 is 0.926 bits per heavy atom. The molecule has 10 aromatic rings. The smallest absolute Gasteiger partial charge is 0.143 e. The van der Waals surface area contributed by atoms with Crippen molar-refractivity contribution in [1.29, 1.82) is 0 Å². The second-order valence-corrected chi connectivity index (χ2v) is 14.9. The highest BCUT2D eigenvalue weighted by Gasteiger charge is 2.23. The SMILES string of the molecule is CC1C=Cc2c(oc3c(-c4cccc(-c5c6ccccc6c(-c6cccc(-c7ccc8ccccc8c7)c6)c6ccccc56)c4)c4ccccc4cc23)C1. The Bertz CT molecular complexity index is 3100. The maximum Gasteiger partial charge on any atom is 0.143 e. The van der Waals surface area contributed by atoms with Crippen molar-refractivity contribution in [3.63, 3.8) is 0 Å². The van der Waals surface area contributed by atoms with E-state index >= 15 is 0 Å². The number of hydrogen-bond donors (Lipinski definition) is 0. The number of benzene rings is 9. The molecule has 0 spiro atoms. The Kier molecular flexibility index (Phi) is 6.97. The highest BCUT2D eigenvalue weighted by molar-refractivity contribution is 6.22. The van der Waals surface area contributed by atoms with Crippen LogP contribution in [0.25, 0.3) is 105 Å². The van der Waals surface area contributed by atoms with Gasteiger partial charge < -0.3 is 4.42 Å². The van der Waals surface area contributed by atoms with Crippen molar-refractivity contribution in [3.8, 4) is 44.5 Å². The van der Waals surface area contributed by atoms with Crippen molar-refractivity contribution in [1.82, 2.24) is 0 Å². The molecule has 1 aliphatic carbocycles. The Morgan fingerprint density at radius 1 is 0.407 bits per heavy atom. The molecule has 1 aromatic heterocycles. The Hall–Kier alpha value is -6.70. The third-order valence-electron chi connectivity index (χ3n) is 11.5. The minimum atomic E-state index is 0.463.